The van der Waals surface area contributed by atoms with Gasteiger partial charge in [-0.15, -0.1) is 0 Å². The molecule has 0 radical (unpaired) electrons. The average Bonchev–Trinajstić information content (AvgIpc) is 3.31. The van der Waals surface area contributed by atoms with Crippen LogP contribution in [0.3, 0.4) is 0 Å². The van der Waals surface area contributed by atoms with E-state index in [1.807, 2.05) is 18.3 Å². The molecule has 3 aromatic heterocycles. The zero-order valence-electron chi connectivity index (χ0n) is 15.7. The van der Waals surface area contributed by atoms with Gasteiger partial charge in [0.1, 0.15) is 11.1 Å². The van der Waals surface area contributed by atoms with Gasteiger partial charge in [-0.1, -0.05) is 6.08 Å². The van der Waals surface area contributed by atoms with Crippen molar-refractivity contribution in [2.45, 2.75) is 6.42 Å². The molecule has 0 aliphatic carbocycles. The number of anilines is 1. The van der Waals surface area contributed by atoms with Crippen molar-refractivity contribution in [2.24, 2.45) is 7.05 Å². The van der Waals surface area contributed by atoms with Crippen molar-refractivity contribution in [1.82, 2.24) is 24.7 Å². The third-order valence-electron chi connectivity index (χ3n) is 5.33. The van der Waals surface area contributed by atoms with E-state index < -0.39 is 0 Å². The van der Waals surface area contributed by atoms with Crippen molar-refractivity contribution in [1.29, 1.82) is 0 Å². The van der Waals surface area contributed by atoms with Gasteiger partial charge in [0.2, 0.25) is 5.95 Å². The van der Waals surface area contributed by atoms with Crippen molar-refractivity contribution in [3.8, 4) is 5.75 Å². The molecule has 0 saturated heterocycles. The first kappa shape index (κ1) is 16.6. The van der Waals surface area contributed by atoms with Crippen LogP contribution in [0.25, 0.3) is 27.5 Å². The lowest BCUT2D eigenvalue weighted by Gasteiger charge is -2.26. The first-order valence-electron chi connectivity index (χ1n) is 9.15. The summed E-state index contributed by atoms with van der Waals surface area (Å²) >= 11 is 0. The summed E-state index contributed by atoms with van der Waals surface area (Å²) in [5.41, 5.74) is 3.99. The fraction of sp³-hybridized carbons (Fsp3) is 0.250. The lowest BCUT2D eigenvalue weighted by molar-refractivity contribution is 0.415. The number of aryl methyl sites for hydroxylation is 1. The van der Waals surface area contributed by atoms with Crippen molar-refractivity contribution in [2.75, 3.05) is 25.1 Å². The molecule has 0 fully saturated rings. The third kappa shape index (κ3) is 2.57. The zero-order valence-corrected chi connectivity index (χ0v) is 15.7. The van der Waals surface area contributed by atoms with Crippen LogP contribution in [0.15, 0.2) is 41.5 Å². The molecule has 0 atom stereocenters. The molecule has 0 amide bonds. The molecule has 0 spiro atoms. The Morgan fingerprint density at radius 1 is 1.25 bits per heavy atom. The van der Waals surface area contributed by atoms with E-state index in [0.717, 1.165) is 29.6 Å². The molecule has 5 rings (SSSR count). The van der Waals surface area contributed by atoms with Crippen LogP contribution in [0.1, 0.15) is 12.0 Å². The number of hydrogen-bond acceptors (Lipinski definition) is 5. The SMILES string of the molecule is COc1ccc2[nH]cc(C3=CCN(c4nc5c(cnn5C)c(=O)[nH]4)CC3)c2c1. The number of nitrogens with one attached hydrogen (secondary N) is 2. The molecule has 1 aliphatic heterocycles. The highest BCUT2D eigenvalue weighted by Crippen LogP contribution is 2.32. The van der Waals surface area contributed by atoms with Crippen LogP contribution in [0, 0.1) is 0 Å². The van der Waals surface area contributed by atoms with E-state index in [-0.39, 0.29) is 5.56 Å². The Morgan fingerprint density at radius 2 is 2.14 bits per heavy atom. The van der Waals surface area contributed by atoms with Gasteiger partial charge in [-0.25, -0.2) is 0 Å². The fourth-order valence-corrected chi connectivity index (χ4v) is 3.77. The molecule has 0 bridgehead atoms. The molecule has 142 valence electrons. The van der Waals surface area contributed by atoms with E-state index in [9.17, 15) is 4.79 Å². The van der Waals surface area contributed by atoms with Crippen molar-refractivity contribution >= 4 is 33.5 Å². The van der Waals surface area contributed by atoms with Gasteiger partial charge in [-0.2, -0.15) is 10.1 Å². The topological polar surface area (TPSA) is 91.8 Å². The van der Waals surface area contributed by atoms with Gasteiger partial charge in [-0.05, 0) is 30.2 Å². The fourth-order valence-electron chi connectivity index (χ4n) is 3.77. The molecule has 8 nitrogen and oxygen atoms in total. The summed E-state index contributed by atoms with van der Waals surface area (Å²) in [6.45, 7) is 1.45. The molecular weight excluding hydrogens is 356 g/mol. The Hall–Kier alpha value is -3.55. The maximum atomic E-state index is 12.3. The van der Waals surface area contributed by atoms with E-state index in [4.69, 9.17) is 4.74 Å². The summed E-state index contributed by atoms with van der Waals surface area (Å²) < 4.78 is 6.99. The summed E-state index contributed by atoms with van der Waals surface area (Å²) in [7, 11) is 3.47. The number of methoxy groups -OCH3 is 1. The zero-order chi connectivity index (χ0) is 19.3. The van der Waals surface area contributed by atoms with Gasteiger partial charge in [-0.3, -0.25) is 14.5 Å². The van der Waals surface area contributed by atoms with Gasteiger partial charge >= 0.3 is 0 Å². The number of rotatable bonds is 3. The summed E-state index contributed by atoms with van der Waals surface area (Å²) in [6.07, 6.45) is 6.65. The minimum absolute atomic E-state index is 0.161. The van der Waals surface area contributed by atoms with Crippen LogP contribution in [-0.2, 0) is 7.05 Å². The second kappa shape index (κ2) is 6.26. The first-order chi connectivity index (χ1) is 13.6. The molecule has 4 aromatic rings. The largest absolute Gasteiger partial charge is 0.497 e. The van der Waals surface area contributed by atoms with E-state index in [2.05, 4.69) is 37.1 Å². The number of nitrogens with zero attached hydrogens (tertiary/aromatic N) is 4. The number of fused-ring (bicyclic) bond motifs is 2. The smallest absolute Gasteiger partial charge is 0.263 e. The summed E-state index contributed by atoms with van der Waals surface area (Å²) in [4.78, 5) is 25.2. The molecular formula is C20H20N6O2. The highest BCUT2D eigenvalue weighted by atomic mass is 16.5. The molecule has 1 aromatic carbocycles. The predicted octanol–water partition coefficient (Wildman–Crippen LogP) is 2.44. The van der Waals surface area contributed by atoms with Crippen LogP contribution in [0.4, 0.5) is 5.95 Å². The minimum Gasteiger partial charge on any atom is -0.497 e. The van der Waals surface area contributed by atoms with E-state index in [0.29, 0.717) is 23.5 Å². The molecule has 8 heteroatoms. The van der Waals surface area contributed by atoms with Gasteiger partial charge in [0, 0.05) is 42.8 Å². The lowest BCUT2D eigenvalue weighted by atomic mass is 9.99. The molecule has 0 saturated carbocycles. The normalized spacial score (nSPS) is 14.6. The Morgan fingerprint density at radius 3 is 2.93 bits per heavy atom. The summed E-state index contributed by atoms with van der Waals surface area (Å²) in [5, 5.41) is 5.78. The van der Waals surface area contributed by atoms with Crippen molar-refractivity contribution in [3.05, 3.63) is 52.6 Å². The van der Waals surface area contributed by atoms with Crippen LogP contribution in [0.2, 0.25) is 0 Å². The number of ether oxygens (including phenoxy) is 1. The van der Waals surface area contributed by atoms with Gasteiger partial charge < -0.3 is 14.6 Å². The standard InChI is InChI=1S/C20H20N6O2/c1-25-18-16(11-22-25)19(27)24-20(23-18)26-7-5-12(6-8-26)15-10-21-17-4-3-13(28-2)9-14(15)17/h3-5,9-11,21H,6-8H2,1-2H3,(H,23,24,27). The maximum absolute atomic E-state index is 12.3. The molecule has 28 heavy (non-hydrogen) atoms. The van der Waals surface area contributed by atoms with Crippen LogP contribution < -0.4 is 15.2 Å². The first-order valence-corrected chi connectivity index (χ1v) is 9.15. The number of aromatic nitrogens is 5. The number of aromatic amines is 2. The van der Waals surface area contributed by atoms with Crippen LogP contribution >= 0.6 is 0 Å². The van der Waals surface area contributed by atoms with Crippen LogP contribution in [-0.4, -0.2) is 44.9 Å². The second-order valence-electron chi connectivity index (χ2n) is 6.93. The Kier molecular flexibility index (Phi) is 3.71. The van der Waals surface area contributed by atoms with E-state index in [1.165, 1.54) is 11.1 Å². The monoisotopic (exact) mass is 376 g/mol. The quantitative estimate of drug-likeness (QED) is 0.573. The summed E-state index contributed by atoms with van der Waals surface area (Å²) in [6, 6.07) is 6.05. The second-order valence-corrected chi connectivity index (χ2v) is 6.93. The van der Waals surface area contributed by atoms with Crippen molar-refractivity contribution < 1.29 is 4.74 Å². The molecule has 2 N–H and O–H groups in total. The lowest BCUT2D eigenvalue weighted by Crippen LogP contribution is -2.31. The Labute approximate surface area is 160 Å². The molecule has 1 aliphatic rings. The predicted molar refractivity (Wildman–Crippen MR) is 109 cm³/mol. The number of H-pyrrole nitrogens is 2. The van der Waals surface area contributed by atoms with Gasteiger partial charge in [0.05, 0.1) is 13.3 Å². The van der Waals surface area contributed by atoms with Gasteiger partial charge in [0.25, 0.3) is 5.56 Å². The highest BCUT2D eigenvalue weighted by molar-refractivity contribution is 5.94. The minimum atomic E-state index is -0.161. The Bertz CT molecular complexity index is 1280. The van der Waals surface area contributed by atoms with Crippen molar-refractivity contribution in [3.63, 3.8) is 0 Å². The highest BCUT2D eigenvalue weighted by Gasteiger charge is 2.19. The van der Waals surface area contributed by atoms with Gasteiger partial charge in [0.15, 0.2) is 5.65 Å². The average molecular weight is 376 g/mol. The molecule has 0 unspecified atom stereocenters. The Balaban J connectivity index is 1.47. The maximum Gasteiger partial charge on any atom is 0.263 e. The third-order valence-corrected chi connectivity index (χ3v) is 5.33. The number of benzene rings is 1. The number of hydrogen-bond donors (Lipinski definition) is 2. The van der Waals surface area contributed by atoms with E-state index >= 15 is 0 Å². The van der Waals surface area contributed by atoms with E-state index in [1.54, 1.807) is 25.0 Å². The molecule has 4 heterocycles. The summed E-state index contributed by atoms with van der Waals surface area (Å²) in [5.74, 6) is 1.43. The van der Waals surface area contributed by atoms with Crippen LogP contribution in [0.5, 0.6) is 5.75 Å².